The van der Waals surface area contributed by atoms with Gasteiger partial charge in [0.25, 0.3) is 0 Å². The molecule has 0 amide bonds. The molecule has 1 saturated heterocycles. The van der Waals surface area contributed by atoms with Gasteiger partial charge in [-0.3, -0.25) is 0 Å². The average Bonchev–Trinajstić information content (AvgIpc) is 2.31. The summed E-state index contributed by atoms with van der Waals surface area (Å²) >= 11 is 0. The molecule has 2 nitrogen and oxygen atoms in total. The molecule has 1 fully saturated rings. The van der Waals surface area contributed by atoms with Gasteiger partial charge in [-0.25, -0.2) is 0 Å². The van der Waals surface area contributed by atoms with E-state index in [1.165, 1.54) is 0 Å². The molecule has 0 unspecified atom stereocenters. The largest absolute Gasteiger partial charge is 0.385 e. The Bertz CT molecular complexity index is 302. The Labute approximate surface area is 91.5 Å². The summed E-state index contributed by atoms with van der Waals surface area (Å²) in [6.07, 6.45) is 1.62. The second-order valence-corrected chi connectivity index (χ2v) is 4.24. The molecule has 1 N–H and O–H groups in total. The van der Waals surface area contributed by atoms with E-state index in [0.29, 0.717) is 0 Å². The first kappa shape index (κ1) is 10.7. The van der Waals surface area contributed by atoms with Crippen LogP contribution in [0.5, 0.6) is 0 Å². The molecule has 1 aliphatic heterocycles. The summed E-state index contributed by atoms with van der Waals surface area (Å²) in [6, 6.07) is 9.99. The molecule has 0 atom stereocenters. The van der Waals surface area contributed by atoms with E-state index in [1.54, 1.807) is 0 Å². The minimum atomic E-state index is -0.618. The Morgan fingerprint density at radius 3 is 2.33 bits per heavy atom. The van der Waals surface area contributed by atoms with E-state index in [-0.39, 0.29) is 0 Å². The molecule has 0 aliphatic carbocycles. The lowest BCUT2D eigenvalue weighted by Gasteiger charge is -2.38. The van der Waals surface area contributed by atoms with Gasteiger partial charge >= 0.3 is 0 Å². The van der Waals surface area contributed by atoms with Crippen LogP contribution in [0.25, 0.3) is 0 Å². The summed E-state index contributed by atoms with van der Waals surface area (Å²) in [5, 5.41) is 10.5. The highest BCUT2D eigenvalue weighted by atomic mass is 16.3. The molecule has 0 spiro atoms. The van der Waals surface area contributed by atoms with Crippen molar-refractivity contribution >= 4 is 0 Å². The minimum Gasteiger partial charge on any atom is -0.385 e. The molecule has 81 valence electrons. The second-order valence-electron chi connectivity index (χ2n) is 4.24. The van der Waals surface area contributed by atoms with E-state index in [1.807, 2.05) is 30.3 Å². The van der Waals surface area contributed by atoms with Crippen molar-refractivity contribution in [2.24, 2.45) is 0 Å². The lowest BCUT2D eigenvalue weighted by atomic mass is 9.84. The Morgan fingerprint density at radius 2 is 1.80 bits per heavy atom. The third-order valence-electron chi connectivity index (χ3n) is 3.31. The van der Waals surface area contributed by atoms with Crippen molar-refractivity contribution in [3.05, 3.63) is 42.8 Å². The Hall–Kier alpha value is -0.860. The van der Waals surface area contributed by atoms with Gasteiger partial charge in [0.15, 0.2) is 0 Å². The van der Waals surface area contributed by atoms with Crippen LogP contribution < -0.4 is 0 Å². The van der Waals surface area contributed by atoms with E-state index in [2.05, 4.69) is 11.8 Å². The van der Waals surface area contributed by atoms with Crippen LogP contribution in [-0.2, 0) is 5.60 Å². The first-order valence-electron chi connectivity index (χ1n) is 5.54. The van der Waals surface area contributed by atoms with Gasteiger partial charge in [0.2, 0.25) is 0 Å². The van der Waals surface area contributed by atoms with E-state index >= 15 is 0 Å². The van der Waals surface area contributed by atoms with Gasteiger partial charge in [0, 0.05) is 13.1 Å². The van der Waals surface area contributed by atoms with Crippen LogP contribution in [0.1, 0.15) is 18.4 Å². The molecule has 0 saturated carbocycles. The summed E-state index contributed by atoms with van der Waals surface area (Å²) in [4.78, 5) is 2.28. The van der Waals surface area contributed by atoms with Crippen LogP contribution >= 0.6 is 0 Å². The molecule has 1 radical (unpaired) electrons. The van der Waals surface area contributed by atoms with Gasteiger partial charge in [-0.05, 0) is 31.9 Å². The lowest BCUT2D eigenvalue weighted by Crippen LogP contribution is -2.42. The van der Waals surface area contributed by atoms with Crippen LogP contribution in [0, 0.1) is 6.92 Å². The molecule has 1 heterocycles. The molecule has 15 heavy (non-hydrogen) atoms. The molecule has 1 aromatic carbocycles. The summed E-state index contributed by atoms with van der Waals surface area (Å²) in [7, 11) is 0. The van der Waals surface area contributed by atoms with Crippen LogP contribution in [0.15, 0.2) is 30.3 Å². The zero-order chi connectivity index (χ0) is 10.7. The highest BCUT2D eigenvalue weighted by molar-refractivity contribution is 5.22. The smallest absolute Gasteiger partial charge is 0.0920 e. The minimum absolute atomic E-state index is 0.618. The number of hydrogen-bond donors (Lipinski definition) is 1. The number of aliphatic hydroxyl groups is 1. The Morgan fingerprint density at radius 1 is 1.20 bits per heavy atom. The number of nitrogens with zero attached hydrogens (tertiary/aromatic N) is 1. The molecular weight excluding hydrogens is 186 g/mol. The third-order valence-corrected chi connectivity index (χ3v) is 3.31. The number of hydrogen-bond acceptors (Lipinski definition) is 2. The predicted molar refractivity (Wildman–Crippen MR) is 61.4 cm³/mol. The highest BCUT2D eigenvalue weighted by Crippen LogP contribution is 2.32. The fourth-order valence-electron chi connectivity index (χ4n) is 2.18. The van der Waals surface area contributed by atoms with E-state index < -0.39 is 5.60 Å². The maximum absolute atomic E-state index is 10.5. The zero-order valence-electron chi connectivity index (χ0n) is 9.02. The van der Waals surface area contributed by atoms with E-state index in [0.717, 1.165) is 38.0 Å². The van der Waals surface area contributed by atoms with Crippen LogP contribution in [0.4, 0.5) is 0 Å². The van der Waals surface area contributed by atoms with Crippen molar-refractivity contribution in [1.29, 1.82) is 0 Å². The highest BCUT2D eigenvalue weighted by Gasteiger charge is 2.33. The Balaban J connectivity index is 2.10. The van der Waals surface area contributed by atoms with Gasteiger partial charge in [0.05, 0.1) is 5.60 Å². The number of rotatable bonds is 2. The number of likely N-dealkylation sites (tertiary alicyclic amines) is 1. The van der Waals surface area contributed by atoms with Gasteiger partial charge in [0.1, 0.15) is 0 Å². The lowest BCUT2D eigenvalue weighted by molar-refractivity contribution is -0.0235. The Kier molecular flexibility index (Phi) is 3.08. The van der Waals surface area contributed by atoms with Crippen molar-refractivity contribution < 1.29 is 5.11 Å². The SMILES string of the molecule is [CH2]CN1CCC(O)(c2ccccc2)CC1. The normalized spacial score (nSPS) is 21.5. The van der Waals surface area contributed by atoms with Gasteiger partial charge in [-0.2, -0.15) is 0 Å². The molecule has 2 rings (SSSR count). The van der Waals surface area contributed by atoms with Crippen molar-refractivity contribution in [2.45, 2.75) is 18.4 Å². The van der Waals surface area contributed by atoms with Crippen LogP contribution in [-0.4, -0.2) is 29.6 Å². The van der Waals surface area contributed by atoms with Crippen molar-refractivity contribution in [3.8, 4) is 0 Å². The van der Waals surface area contributed by atoms with Gasteiger partial charge < -0.3 is 10.0 Å². The monoisotopic (exact) mass is 204 g/mol. The fraction of sp³-hybridized carbons (Fsp3) is 0.462. The summed E-state index contributed by atoms with van der Waals surface area (Å²) < 4.78 is 0. The van der Waals surface area contributed by atoms with Crippen LogP contribution in [0.2, 0.25) is 0 Å². The molecule has 1 aliphatic rings. The third kappa shape index (κ3) is 2.21. The summed E-state index contributed by atoms with van der Waals surface area (Å²) in [6.45, 7) is 6.59. The molecular formula is C13H18NO. The standard InChI is InChI=1S/C13H18NO/c1-2-14-10-8-13(15,9-11-14)12-6-4-3-5-7-12/h3-7,15H,1-2,8-11H2. The summed E-state index contributed by atoms with van der Waals surface area (Å²) in [5.74, 6) is 0. The fourth-order valence-corrected chi connectivity index (χ4v) is 2.18. The predicted octanol–water partition coefficient (Wildman–Crippen LogP) is 1.80. The molecule has 0 bridgehead atoms. The average molecular weight is 204 g/mol. The first-order valence-corrected chi connectivity index (χ1v) is 5.54. The molecule has 2 heteroatoms. The van der Waals surface area contributed by atoms with E-state index in [9.17, 15) is 5.11 Å². The van der Waals surface area contributed by atoms with Gasteiger partial charge in [-0.1, -0.05) is 30.3 Å². The molecule has 1 aromatic rings. The summed E-state index contributed by atoms with van der Waals surface area (Å²) in [5.41, 5.74) is 0.432. The van der Waals surface area contributed by atoms with Gasteiger partial charge in [-0.15, -0.1) is 0 Å². The quantitative estimate of drug-likeness (QED) is 0.794. The number of piperidine rings is 1. The number of benzene rings is 1. The second kappa shape index (κ2) is 4.33. The van der Waals surface area contributed by atoms with E-state index in [4.69, 9.17) is 0 Å². The van der Waals surface area contributed by atoms with Crippen molar-refractivity contribution in [2.75, 3.05) is 19.6 Å². The maximum Gasteiger partial charge on any atom is 0.0920 e. The van der Waals surface area contributed by atoms with Crippen molar-refractivity contribution in [3.63, 3.8) is 0 Å². The zero-order valence-corrected chi connectivity index (χ0v) is 9.02. The topological polar surface area (TPSA) is 23.5 Å². The molecule has 0 aromatic heterocycles. The van der Waals surface area contributed by atoms with Crippen molar-refractivity contribution in [1.82, 2.24) is 4.90 Å². The first-order chi connectivity index (χ1) is 7.24. The maximum atomic E-state index is 10.5. The van der Waals surface area contributed by atoms with Crippen LogP contribution in [0.3, 0.4) is 0 Å².